The van der Waals surface area contributed by atoms with Crippen LogP contribution >= 0.6 is 0 Å². The summed E-state index contributed by atoms with van der Waals surface area (Å²) in [6.45, 7) is 0. The van der Waals surface area contributed by atoms with Crippen LogP contribution < -0.4 is 45.6 Å². The Hall–Kier alpha value is -2.10. The minimum atomic E-state index is -2.11. The number of benzene rings is 4. The number of hydrogen-bond acceptors (Lipinski definition) is 0. The van der Waals surface area contributed by atoms with E-state index in [0.29, 0.717) is 0 Å². The normalized spacial score (nSPS) is 14.5. The van der Waals surface area contributed by atoms with Crippen molar-refractivity contribution in [2.75, 3.05) is 0 Å². The zero-order valence-corrected chi connectivity index (χ0v) is 24.5. The van der Waals surface area contributed by atoms with E-state index in [1.54, 1.807) is 10.4 Å². The summed E-state index contributed by atoms with van der Waals surface area (Å²) < 4.78 is 0. The zero-order chi connectivity index (χ0) is 20.4. The van der Waals surface area contributed by atoms with Crippen LogP contribution in [0.4, 0.5) is 0 Å². The molecule has 0 radical (unpaired) electrons. The summed E-state index contributed by atoms with van der Waals surface area (Å²) in [7, 11) is -2.11. The molecule has 0 atom stereocenters. The smallest absolute Gasteiger partial charge is 0.171 e. The Morgan fingerprint density at radius 1 is 0.706 bits per heavy atom. The van der Waals surface area contributed by atoms with Gasteiger partial charge in [0.25, 0.3) is 0 Å². The van der Waals surface area contributed by atoms with E-state index in [4.69, 9.17) is 0 Å². The third kappa shape index (κ3) is 3.38. The molecule has 0 saturated heterocycles. The third-order valence-corrected chi connectivity index (χ3v) is 11.8. The van der Waals surface area contributed by atoms with Crippen molar-refractivity contribution in [1.82, 2.24) is 0 Å². The molecule has 5 aromatic rings. The van der Waals surface area contributed by atoms with Gasteiger partial charge in [-0.2, -0.15) is 0 Å². The topological polar surface area (TPSA) is 0 Å². The Morgan fingerprint density at radius 3 is 1.94 bits per heavy atom. The first-order chi connectivity index (χ1) is 15.4. The second kappa shape index (κ2) is 9.51. The minimum absolute atomic E-state index is 0. The van der Waals surface area contributed by atoms with Crippen LogP contribution in [-0.4, -0.2) is 8.07 Å². The fourth-order valence-corrected chi connectivity index (χ4v) is 10.9. The van der Waals surface area contributed by atoms with Gasteiger partial charge in [0.1, 0.15) is 0 Å². The summed E-state index contributed by atoms with van der Waals surface area (Å²) in [4.78, 5) is 0. The molecule has 1 aliphatic carbocycles. The van der Waals surface area contributed by atoms with Gasteiger partial charge in [-0.1, -0.05) is 125 Å². The molecular formula is C30H21Cl2HfSi-3. The molecule has 0 fully saturated rings. The second-order valence-electron chi connectivity index (χ2n) is 8.67. The predicted molar refractivity (Wildman–Crippen MR) is 136 cm³/mol. The van der Waals surface area contributed by atoms with Crippen molar-refractivity contribution in [3.63, 3.8) is 0 Å². The molecule has 5 aromatic carbocycles. The first kappa shape index (κ1) is 25.0. The van der Waals surface area contributed by atoms with Crippen LogP contribution in [0.1, 0.15) is 12.0 Å². The average Bonchev–Trinajstić information content (AvgIpc) is 3.13. The monoisotopic (exact) mass is 659 g/mol. The van der Waals surface area contributed by atoms with Crippen LogP contribution in [0, 0.1) is 0 Å². The fourth-order valence-electron chi connectivity index (χ4n) is 5.80. The van der Waals surface area contributed by atoms with E-state index in [1.165, 1.54) is 43.1 Å². The maximum absolute atomic E-state index is 2.53. The van der Waals surface area contributed by atoms with Crippen molar-refractivity contribution in [3.8, 4) is 0 Å². The van der Waals surface area contributed by atoms with Gasteiger partial charge < -0.3 is 24.8 Å². The van der Waals surface area contributed by atoms with Gasteiger partial charge in [0.05, 0.1) is 0 Å². The van der Waals surface area contributed by atoms with Crippen molar-refractivity contribution in [2.24, 2.45) is 0 Å². The molecule has 0 aromatic heterocycles. The molecule has 0 nitrogen and oxygen atoms in total. The molecule has 7 rings (SSSR count). The van der Waals surface area contributed by atoms with Crippen molar-refractivity contribution >= 4 is 55.9 Å². The Bertz CT molecular complexity index is 1510. The van der Waals surface area contributed by atoms with E-state index >= 15 is 0 Å². The number of allylic oxidation sites excluding steroid dienone is 4. The van der Waals surface area contributed by atoms with Crippen molar-refractivity contribution in [2.45, 2.75) is 6.42 Å². The van der Waals surface area contributed by atoms with Gasteiger partial charge in [-0.25, -0.2) is 0 Å². The number of hydrogen-bond donors (Lipinski definition) is 0. The summed E-state index contributed by atoms with van der Waals surface area (Å²) in [5, 5.41) is 11.8. The van der Waals surface area contributed by atoms with Gasteiger partial charge in [-0.05, 0) is 16.8 Å². The predicted octanol–water partition coefficient (Wildman–Crippen LogP) is -1.25. The summed E-state index contributed by atoms with van der Waals surface area (Å²) in [6, 6.07) is 36.3. The van der Waals surface area contributed by atoms with Gasteiger partial charge in [0.15, 0.2) is 8.07 Å². The van der Waals surface area contributed by atoms with Crippen LogP contribution in [0.15, 0.2) is 115 Å². The maximum atomic E-state index is 2.53. The van der Waals surface area contributed by atoms with Gasteiger partial charge >= 0.3 is 0 Å². The quantitative estimate of drug-likeness (QED) is 0.165. The third-order valence-electron chi connectivity index (χ3n) is 7.14. The van der Waals surface area contributed by atoms with Crippen molar-refractivity contribution < 1.29 is 50.7 Å². The molecular weight excluding hydrogens is 638 g/mol. The molecule has 0 unspecified atom stereocenters. The van der Waals surface area contributed by atoms with Gasteiger partial charge in [0, 0.05) is 25.8 Å². The molecule has 2 aliphatic rings. The molecule has 166 valence electrons. The molecule has 1 heterocycles. The second-order valence-corrected chi connectivity index (χ2v) is 12.4. The van der Waals surface area contributed by atoms with E-state index in [-0.39, 0.29) is 50.7 Å². The molecule has 4 heteroatoms. The molecule has 0 saturated carbocycles. The van der Waals surface area contributed by atoms with E-state index in [2.05, 4.69) is 115 Å². The van der Waals surface area contributed by atoms with Gasteiger partial charge in [0.2, 0.25) is 0 Å². The average molecular weight is 659 g/mol. The molecule has 0 spiro atoms. The SMILES string of the molecule is C1=CCC(c2c3c(cc4c2[cH-]c2ccccc24)[Si]3(c2ccccc2)c2ccccc2)=C1.[Cl-].[Cl-].[Hf]. The number of halogens is 2. The first-order valence-electron chi connectivity index (χ1n) is 11.0. The standard InChI is InChI=1S/C30H21Si.2ClH.Hf/c1-3-14-23(15-4-1)31(24-16-5-2-6-17-24)28-20-26-25-18-10-9-13-22(25)19-27(26)29(30(28)31)21-11-7-8-12-21;;;/h1-11,13-20H,12H2;2*1H;/q-1;;;/p-2. The summed E-state index contributed by atoms with van der Waals surface area (Å²) >= 11 is 0. The maximum Gasteiger partial charge on any atom is 0.171 e. The van der Waals surface area contributed by atoms with E-state index in [1.807, 2.05) is 0 Å². The summed E-state index contributed by atoms with van der Waals surface area (Å²) in [6.07, 6.45) is 7.88. The van der Waals surface area contributed by atoms with Crippen molar-refractivity contribution in [1.29, 1.82) is 0 Å². The van der Waals surface area contributed by atoms with Crippen LogP contribution in [0.25, 0.3) is 27.1 Å². The first-order valence-corrected chi connectivity index (χ1v) is 13.0. The van der Waals surface area contributed by atoms with Gasteiger partial charge in [-0.3, -0.25) is 0 Å². The Labute approximate surface area is 232 Å². The van der Waals surface area contributed by atoms with Crippen LogP contribution in [0.3, 0.4) is 0 Å². The van der Waals surface area contributed by atoms with E-state index < -0.39 is 8.07 Å². The Balaban J connectivity index is 0.000000913. The van der Waals surface area contributed by atoms with Crippen molar-refractivity contribution in [3.05, 3.63) is 121 Å². The van der Waals surface area contributed by atoms with Gasteiger partial charge in [-0.15, -0.1) is 33.7 Å². The summed E-state index contributed by atoms with van der Waals surface area (Å²) in [5.74, 6) is 0. The number of rotatable bonds is 3. The van der Waals surface area contributed by atoms with E-state index in [0.717, 1.165) is 6.42 Å². The minimum Gasteiger partial charge on any atom is -1.00 e. The van der Waals surface area contributed by atoms with Crippen LogP contribution in [-0.2, 0) is 25.8 Å². The largest absolute Gasteiger partial charge is 1.00 e. The molecule has 0 bridgehead atoms. The number of fused-ring (bicyclic) bond motifs is 4. The molecule has 1 aliphatic heterocycles. The summed E-state index contributed by atoms with van der Waals surface area (Å²) in [5.41, 5.74) is 2.98. The molecule has 0 amide bonds. The Morgan fingerprint density at radius 2 is 1.32 bits per heavy atom. The van der Waals surface area contributed by atoms with Crippen LogP contribution in [0.5, 0.6) is 0 Å². The van der Waals surface area contributed by atoms with E-state index in [9.17, 15) is 0 Å². The fraction of sp³-hybridized carbons (Fsp3) is 0.0333. The molecule has 0 N–H and O–H groups in total. The Kier molecular flexibility index (Phi) is 6.99. The molecule has 34 heavy (non-hydrogen) atoms. The zero-order valence-electron chi connectivity index (χ0n) is 18.4. The van der Waals surface area contributed by atoms with Crippen LogP contribution in [0.2, 0.25) is 0 Å².